The highest BCUT2D eigenvalue weighted by Crippen LogP contribution is 2.34. The van der Waals surface area contributed by atoms with Crippen LogP contribution in [0, 0.1) is 0 Å². The third-order valence-electron chi connectivity index (χ3n) is 9.08. The molecule has 0 bridgehead atoms. The van der Waals surface area contributed by atoms with Gasteiger partial charge in [-0.05, 0) is 77.3 Å². The summed E-state index contributed by atoms with van der Waals surface area (Å²) in [5.74, 6) is -0.638. The number of carbonyl (C=O) groups excluding carboxylic acids is 3. The van der Waals surface area contributed by atoms with E-state index in [4.69, 9.17) is 0 Å². The highest BCUT2D eigenvalue weighted by atomic mass is 16.1. The summed E-state index contributed by atoms with van der Waals surface area (Å²) in [5.41, 5.74) is 8.32. The van der Waals surface area contributed by atoms with Gasteiger partial charge in [-0.3, -0.25) is 14.4 Å². The van der Waals surface area contributed by atoms with E-state index < -0.39 is 0 Å². The molecule has 0 N–H and O–H groups in total. The molecule has 0 heterocycles. The average molecular weight is 623 g/mol. The average Bonchev–Trinajstić information content (AvgIpc) is 3.18. The van der Waals surface area contributed by atoms with E-state index in [9.17, 15) is 14.4 Å². The normalized spacial score (nSPS) is 14.0. The fourth-order valence-electron chi connectivity index (χ4n) is 6.66. The van der Waals surface area contributed by atoms with Gasteiger partial charge in [0.1, 0.15) is 0 Å². The lowest BCUT2D eigenvalue weighted by Crippen LogP contribution is -2.14. The molecular weight excluding hydrogens is 588 g/mol. The summed E-state index contributed by atoms with van der Waals surface area (Å²) in [4.78, 5) is 43.4. The van der Waals surface area contributed by atoms with Crippen molar-refractivity contribution in [3.8, 4) is 22.3 Å². The van der Waals surface area contributed by atoms with E-state index in [1.165, 1.54) is 5.57 Å². The van der Waals surface area contributed by atoms with E-state index in [0.29, 0.717) is 40.7 Å². The number of benzene rings is 5. The molecule has 0 aromatic heterocycles. The topological polar surface area (TPSA) is 51.2 Å². The van der Waals surface area contributed by atoms with E-state index in [0.717, 1.165) is 46.2 Å². The maximum absolute atomic E-state index is 14.5. The molecule has 48 heavy (non-hydrogen) atoms. The minimum Gasteiger partial charge on any atom is -0.289 e. The van der Waals surface area contributed by atoms with Crippen molar-refractivity contribution in [1.29, 1.82) is 0 Å². The summed E-state index contributed by atoms with van der Waals surface area (Å²) in [6, 6.07) is 39.5. The van der Waals surface area contributed by atoms with Crippen molar-refractivity contribution >= 4 is 17.3 Å². The zero-order chi connectivity index (χ0) is 32.9. The van der Waals surface area contributed by atoms with Gasteiger partial charge in [0.2, 0.25) is 0 Å². The summed E-state index contributed by atoms with van der Waals surface area (Å²) >= 11 is 0. The van der Waals surface area contributed by atoms with Crippen LogP contribution < -0.4 is 0 Å². The van der Waals surface area contributed by atoms with Crippen molar-refractivity contribution in [3.63, 3.8) is 0 Å². The Labute approximate surface area is 281 Å². The second kappa shape index (κ2) is 13.8. The minimum atomic E-state index is -0.243. The first-order valence-corrected chi connectivity index (χ1v) is 16.4. The molecule has 2 aliphatic rings. The summed E-state index contributed by atoms with van der Waals surface area (Å²) in [5, 5.41) is 0. The van der Waals surface area contributed by atoms with E-state index in [2.05, 4.69) is 24.3 Å². The lowest BCUT2D eigenvalue weighted by atomic mass is 9.83. The molecule has 0 aliphatic heterocycles. The molecule has 2 aliphatic carbocycles. The number of hydrogen-bond donors (Lipinski definition) is 0. The van der Waals surface area contributed by atoms with Gasteiger partial charge >= 0.3 is 0 Å². The maximum Gasteiger partial charge on any atom is 0.193 e. The molecule has 232 valence electrons. The van der Waals surface area contributed by atoms with Gasteiger partial charge in [0.15, 0.2) is 17.3 Å². The van der Waals surface area contributed by atoms with Crippen LogP contribution in [0.1, 0.15) is 67.9 Å². The first-order chi connectivity index (χ1) is 23.6. The highest BCUT2D eigenvalue weighted by molar-refractivity contribution is 6.19. The fourth-order valence-corrected chi connectivity index (χ4v) is 6.66. The van der Waals surface area contributed by atoms with Crippen LogP contribution in [0.5, 0.6) is 0 Å². The number of carbonyl (C=O) groups is 3. The Morgan fingerprint density at radius 3 is 1.48 bits per heavy atom. The van der Waals surface area contributed by atoms with E-state index in [1.54, 1.807) is 30.3 Å². The quantitative estimate of drug-likeness (QED) is 0.121. The number of ketones is 3. The third kappa shape index (κ3) is 6.23. The molecule has 0 fully saturated rings. The number of allylic oxidation sites excluding steroid dienone is 8. The molecule has 0 radical (unpaired) electrons. The molecule has 0 saturated carbocycles. The van der Waals surface area contributed by atoms with Crippen molar-refractivity contribution in [2.24, 2.45) is 0 Å². The third-order valence-corrected chi connectivity index (χ3v) is 9.08. The minimum absolute atomic E-state index is 0.152. The molecule has 0 spiro atoms. The van der Waals surface area contributed by atoms with Gasteiger partial charge in [-0.1, -0.05) is 140 Å². The predicted molar refractivity (Wildman–Crippen MR) is 193 cm³/mol. The first-order valence-electron chi connectivity index (χ1n) is 16.4. The van der Waals surface area contributed by atoms with Gasteiger partial charge in [-0.25, -0.2) is 0 Å². The highest BCUT2D eigenvalue weighted by Gasteiger charge is 2.25. The SMILES string of the molecule is O=C(C1=C(C2=CC=CCC2)CC=CC1)c1cc(C(=O)c2ccccc2-c2ccccc2)cc(C(=O)c2ccccc2-c2ccccc2)c1. The molecule has 0 atom stereocenters. The van der Waals surface area contributed by atoms with Crippen LogP contribution in [0.15, 0.2) is 174 Å². The Kier molecular flexibility index (Phi) is 8.84. The number of rotatable bonds is 9. The molecular formula is C45H34O3. The smallest absolute Gasteiger partial charge is 0.193 e. The van der Waals surface area contributed by atoms with Gasteiger partial charge in [0.05, 0.1) is 0 Å². The molecule has 5 aromatic rings. The zero-order valence-corrected chi connectivity index (χ0v) is 26.6. The Bertz CT molecular complexity index is 2050. The maximum atomic E-state index is 14.5. The van der Waals surface area contributed by atoms with Crippen LogP contribution >= 0.6 is 0 Å². The summed E-state index contributed by atoms with van der Waals surface area (Å²) in [6.07, 6.45) is 13.4. The predicted octanol–water partition coefficient (Wildman–Crippen LogP) is 10.6. The van der Waals surface area contributed by atoms with Crippen molar-refractivity contribution in [2.45, 2.75) is 25.7 Å². The Morgan fingerprint density at radius 2 is 0.958 bits per heavy atom. The second-order valence-corrected chi connectivity index (χ2v) is 12.1. The zero-order valence-electron chi connectivity index (χ0n) is 26.6. The Morgan fingerprint density at radius 1 is 0.479 bits per heavy atom. The van der Waals surface area contributed by atoms with Crippen LogP contribution in [0.25, 0.3) is 22.3 Å². The number of hydrogen-bond acceptors (Lipinski definition) is 3. The van der Waals surface area contributed by atoms with Crippen molar-refractivity contribution in [1.82, 2.24) is 0 Å². The lowest BCUT2D eigenvalue weighted by molar-refractivity contribution is 0.103. The van der Waals surface area contributed by atoms with Crippen molar-refractivity contribution in [2.75, 3.05) is 0 Å². The monoisotopic (exact) mass is 622 g/mol. The number of Topliss-reactive ketones (excluding diaryl/α,β-unsaturated/α-hetero) is 1. The molecule has 3 heteroatoms. The van der Waals surface area contributed by atoms with Crippen LogP contribution in [0.4, 0.5) is 0 Å². The standard InChI is InChI=1S/C45H34O3/c46-43(40-25-13-10-22-37(40)31-16-4-1-5-17-31)34-28-35(44(47)41-26-14-11-23-38(41)32-18-6-2-7-19-32)30-36(29-34)45(48)42-27-15-12-24-39(42)33-20-8-3-9-21-33/h1-8,10-20,22-23,25-26,28-30H,9,21,24,27H2. The van der Waals surface area contributed by atoms with Crippen LogP contribution in [-0.2, 0) is 0 Å². The second-order valence-electron chi connectivity index (χ2n) is 12.1. The van der Waals surface area contributed by atoms with Gasteiger partial charge < -0.3 is 0 Å². The van der Waals surface area contributed by atoms with Crippen molar-refractivity contribution < 1.29 is 14.4 Å². The largest absolute Gasteiger partial charge is 0.289 e. The summed E-state index contributed by atoms with van der Waals surface area (Å²) < 4.78 is 0. The van der Waals surface area contributed by atoms with E-state index in [1.807, 2.05) is 103 Å². The molecule has 0 saturated heterocycles. The van der Waals surface area contributed by atoms with Crippen LogP contribution in [0.2, 0.25) is 0 Å². The molecule has 5 aromatic carbocycles. The van der Waals surface area contributed by atoms with E-state index >= 15 is 0 Å². The molecule has 0 amide bonds. The molecule has 7 rings (SSSR count). The van der Waals surface area contributed by atoms with Crippen LogP contribution in [-0.4, -0.2) is 17.3 Å². The summed E-state index contributed by atoms with van der Waals surface area (Å²) in [7, 11) is 0. The molecule has 3 nitrogen and oxygen atoms in total. The van der Waals surface area contributed by atoms with Gasteiger partial charge in [-0.15, -0.1) is 0 Å². The first kappa shape index (κ1) is 30.7. The Balaban J connectivity index is 1.38. The Hall–Kier alpha value is -5.93. The molecule has 0 unspecified atom stereocenters. The van der Waals surface area contributed by atoms with Crippen LogP contribution in [0.3, 0.4) is 0 Å². The summed E-state index contributed by atoms with van der Waals surface area (Å²) in [6.45, 7) is 0. The fraction of sp³-hybridized carbons (Fsp3) is 0.0889. The van der Waals surface area contributed by atoms with Gasteiger partial charge in [0.25, 0.3) is 0 Å². The van der Waals surface area contributed by atoms with E-state index in [-0.39, 0.29) is 17.3 Å². The van der Waals surface area contributed by atoms with Gasteiger partial charge in [0, 0.05) is 33.4 Å². The lowest BCUT2D eigenvalue weighted by Gasteiger charge is -2.20. The van der Waals surface area contributed by atoms with Gasteiger partial charge in [-0.2, -0.15) is 0 Å². The van der Waals surface area contributed by atoms with Crippen molar-refractivity contribution in [3.05, 3.63) is 202 Å².